The highest BCUT2D eigenvalue weighted by molar-refractivity contribution is 5.78. The third-order valence-corrected chi connectivity index (χ3v) is 4.85. The summed E-state index contributed by atoms with van der Waals surface area (Å²) in [6, 6.07) is 11.9. The van der Waals surface area contributed by atoms with Crippen LogP contribution in [0.2, 0.25) is 0 Å². The fourth-order valence-corrected chi connectivity index (χ4v) is 3.41. The molecule has 2 aromatic rings. The first-order valence-corrected chi connectivity index (χ1v) is 8.51. The van der Waals surface area contributed by atoms with Gasteiger partial charge in [-0.1, -0.05) is 18.2 Å². The molecule has 2 aromatic carbocycles. The number of fused-ring (bicyclic) bond motifs is 2. The average molecular weight is 339 g/mol. The van der Waals surface area contributed by atoms with Crippen LogP contribution in [0.1, 0.15) is 23.6 Å². The normalized spacial score (nSPS) is 18.0. The fourth-order valence-electron chi connectivity index (χ4n) is 3.41. The highest BCUT2D eigenvalue weighted by atomic mass is 16.7. The van der Waals surface area contributed by atoms with Gasteiger partial charge < -0.3 is 19.1 Å². The number of aryl methyl sites for hydroxylation is 1. The van der Waals surface area contributed by atoms with Gasteiger partial charge in [-0.15, -0.1) is 0 Å². The van der Waals surface area contributed by atoms with E-state index in [9.17, 15) is 4.79 Å². The summed E-state index contributed by atoms with van der Waals surface area (Å²) >= 11 is 0. The summed E-state index contributed by atoms with van der Waals surface area (Å²) in [6.07, 6.45) is 0.808. The van der Waals surface area contributed by atoms with E-state index in [1.54, 1.807) is 0 Å². The zero-order valence-corrected chi connectivity index (χ0v) is 14.5. The highest BCUT2D eigenvalue weighted by Crippen LogP contribution is 2.37. The fraction of sp³-hybridized carbons (Fsp3) is 0.350. The van der Waals surface area contributed by atoms with Crippen LogP contribution in [0.5, 0.6) is 17.2 Å². The van der Waals surface area contributed by atoms with Crippen LogP contribution >= 0.6 is 0 Å². The minimum atomic E-state index is -0.000861. The number of rotatable bonds is 3. The Bertz CT molecular complexity index is 817. The van der Waals surface area contributed by atoms with Gasteiger partial charge in [-0.05, 0) is 55.2 Å². The van der Waals surface area contributed by atoms with Crippen LogP contribution in [-0.4, -0.2) is 30.2 Å². The minimum Gasteiger partial charge on any atom is -0.484 e. The molecule has 1 unspecified atom stereocenters. The lowest BCUT2D eigenvalue weighted by Crippen LogP contribution is -2.44. The Morgan fingerprint density at radius 2 is 1.92 bits per heavy atom. The lowest BCUT2D eigenvalue weighted by atomic mass is 9.94. The summed E-state index contributed by atoms with van der Waals surface area (Å²) in [7, 11) is 0. The summed E-state index contributed by atoms with van der Waals surface area (Å²) in [5.74, 6) is 2.31. The van der Waals surface area contributed by atoms with Gasteiger partial charge in [-0.3, -0.25) is 4.79 Å². The van der Waals surface area contributed by atoms with Gasteiger partial charge in [-0.25, -0.2) is 0 Å². The second-order valence-corrected chi connectivity index (χ2v) is 6.60. The van der Waals surface area contributed by atoms with Crippen LogP contribution in [0, 0.1) is 6.92 Å². The molecular weight excluding hydrogens is 318 g/mol. The average Bonchev–Trinajstić information content (AvgIpc) is 3.05. The number of nitrogens with zero attached hydrogens (tertiary/aromatic N) is 1. The lowest BCUT2D eigenvalue weighted by molar-refractivity contribution is -0.136. The van der Waals surface area contributed by atoms with Crippen molar-refractivity contribution in [2.75, 3.05) is 13.4 Å². The van der Waals surface area contributed by atoms with Crippen molar-refractivity contribution in [3.8, 4) is 17.2 Å². The van der Waals surface area contributed by atoms with Crippen LogP contribution in [-0.2, 0) is 17.8 Å². The summed E-state index contributed by atoms with van der Waals surface area (Å²) in [4.78, 5) is 14.6. The molecular formula is C20H21NO4. The second kappa shape index (κ2) is 6.31. The third-order valence-electron chi connectivity index (χ3n) is 4.85. The molecule has 0 fully saturated rings. The molecule has 0 spiro atoms. The molecule has 25 heavy (non-hydrogen) atoms. The number of hydrogen-bond donors (Lipinski definition) is 0. The van der Waals surface area contributed by atoms with Crippen LogP contribution < -0.4 is 14.2 Å². The number of amides is 1. The number of carbonyl (C=O) groups excluding carboxylic acids is 1. The van der Waals surface area contributed by atoms with E-state index in [-0.39, 0.29) is 25.3 Å². The number of carbonyl (C=O) groups is 1. The smallest absolute Gasteiger partial charge is 0.261 e. The molecule has 0 saturated heterocycles. The first-order valence-electron chi connectivity index (χ1n) is 8.51. The van der Waals surface area contributed by atoms with Gasteiger partial charge >= 0.3 is 0 Å². The molecule has 1 amide bonds. The molecule has 0 saturated carbocycles. The Hall–Kier alpha value is -2.69. The van der Waals surface area contributed by atoms with Gasteiger partial charge in [0, 0.05) is 12.6 Å². The molecule has 2 heterocycles. The molecule has 2 aliphatic rings. The van der Waals surface area contributed by atoms with E-state index in [0.717, 1.165) is 34.8 Å². The predicted octanol–water partition coefficient (Wildman–Crippen LogP) is 3.08. The first kappa shape index (κ1) is 15.8. The Balaban J connectivity index is 1.47. The number of hydrogen-bond acceptors (Lipinski definition) is 4. The van der Waals surface area contributed by atoms with Gasteiger partial charge in [0.25, 0.3) is 5.91 Å². The summed E-state index contributed by atoms with van der Waals surface area (Å²) in [5.41, 5.74) is 3.37. The molecule has 2 aliphatic heterocycles. The summed E-state index contributed by atoms with van der Waals surface area (Å²) in [5, 5.41) is 0. The van der Waals surface area contributed by atoms with Crippen LogP contribution in [0.4, 0.5) is 0 Å². The van der Waals surface area contributed by atoms with Crippen molar-refractivity contribution in [1.82, 2.24) is 4.90 Å². The van der Waals surface area contributed by atoms with Crippen LogP contribution in [0.15, 0.2) is 36.4 Å². The largest absolute Gasteiger partial charge is 0.484 e. The molecule has 0 radical (unpaired) electrons. The van der Waals surface area contributed by atoms with E-state index < -0.39 is 0 Å². The van der Waals surface area contributed by atoms with Crippen LogP contribution in [0.25, 0.3) is 0 Å². The zero-order chi connectivity index (χ0) is 17.4. The Morgan fingerprint density at radius 3 is 2.68 bits per heavy atom. The number of para-hydroxylation sites is 1. The Kier molecular flexibility index (Phi) is 3.99. The molecule has 5 heteroatoms. The van der Waals surface area contributed by atoms with Gasteiger partial charge in [0.05, 0.1) is 0 Å². The Labute approximate surface area is 147 Å². The minimum absolute atomic E-state index is 0.000861. The van der Waals surface area contributed by atoms with Crippen molar-refractivity contribution in [1.29, 1.82) is 0 Å². The van der Waals surface area contributed by atoms with Crippen molar-refractivity contribution < 1.29 is 19.0 Å². The molecule has 4 rings (SSSR count). The molecule has 1 atom stereocenters. The van der Waals surface area contributed by atoms with E-state index >= 15 is 0 Å². The maximum Gasteiger partial charge on any atom is 0.261 e. The first-order chi connectivity index (χ1) is 12.1. The summed E-state index contributed by atoms with van der Waals surface area (Å²) < 4.78 is 16.6. The lowest BCUT2D eigenvalue weighted by Gasteiger charge is -2.35. The molecule has 0 bridgehead atoms. The third kappa shape index (κ3) is 3.02. The van der Waals surface area contributed by atoms with E-state index in [1.807, 2.05) is 48.2 Å². The molecule has 0 aliphatic carbocycles. The monoisotopic (exact) mass is 339 g/mol. The van der Waals surface area contributed by atoms with E-state index in [1.165, 1.54) is 5.56 Å². The quantitative estimate of drug-likeness (QED) is 0.862. The van der Waals surface area contributed by atoms with E-state index in [0.29, 0.717) is 6.54 Å². The SMILES string of the molecule is Cc1ccccc1OCC(=O)N1Cc2cc3c(cc2CC1C)OCO3. The topological polar surface area (TPSA) is 48.0 Å². The van der Waals surface area contributed by atoms with Crippen LogP contribution in [0.3, 0.4) is 0 Å². The molecule has 0 aromatic heterocycles. The maximum absolute atomic E-state index is 12.7. The van der Waals surface area contributed by atoms with Crippen molar-refractivity contribution in [2.45, 2.75) is 32.9 Å². The van der Waals surface area contributed by atoms with Gasteiger partial charge in [-0.2, -0.15) is 0 Å². The van der Waals surface area contributed by atoms with Crippen molar-refractivity contribution >= 4 is 5.91 Å². The number of benzene rings is 2. The maximum atomic E-state index is 12.7. The van der Waals surface area contributed by atoms with Gasteiger partial charge in [0.2, 0.25) is 6.79 Å². The van der Waals surface area contributed by atoms with E-state index in [2.05, 4.69) is 6.92 Å². The van der Waals surface area contributed by atoms with Gasteiger partial charge in [0.15, 0.2) is 18.1 Å². The Morgan fingerprint density at radius 1 is 1.20 bits per heavy atom. The van der Waals surface area contributed by atoms with Crippen molar-refractivity contribution in [3.63, 3.8) is 0 Å². The van der Waals surface area contributed by atoms with Gasteiger partial charge in [0.1, 0.15) is 5.75 Å². The molecule has 0 N–H and O–H groups in total. The van der Waals surface area contributed by atoms with Crippen molar-refractivity contribution in [2.24, 2.45) is 0 Å². The molecule has 130 valence electrons. The summed E-state index contributed by atoms with van der Waals surface area (Å²) in [6.45, 7) is 4.93. The second-order valence-electron chi connectivity index (χ2n) is 6.60. The predicted molar refractivity (Wildman–Crippen MR) is 93.0 cm³/mol. The van der Waals surface area contributed by atoms with E-state index in [4.69, 9.17) is 14.2 Å². The molecule has 5 nitrogen and oxygen atoms in total. The standard InChI is InChI=1S/C20H21NO4/c1-13-5-3-4-6-17(13)23-11-20(22)21-10-16-9-19-18(24-12-25-19)8-15(16)7-14(21)2/h3-6,8-9,14H,7,10-12H2,1-2H3. The highest BCUT2D eigenvalue weighted by Gasteiger charge is 2.29. The number of ether oxygens (including phenoxy) is 3. The van der Waals surface area contributed by atoms with Crippen molar-refractivity contribution in [3.05, 3.63) is 53.1 Å². The zero-order valence-electron chi connectivity index (χ0n) is 14.5.